The molecule has 174 valence electrons. The van der Waals surface area contributed by atoms with Crippen molar-refractivity contribution in [3.63, 3.8) is 0 Å². The van der Waals surface area contributed by atoms with Crippen LogP contribution in [0.1, 0.15) is 44.0 Å². The summed E-state index contributed by atoms with van der Waals surface area (Å²) < 4.78 is 7.56. The van der Waals surface area contributed by atoms with Gasteiger partial charge in [-0.3, -0.25) is 14.5 Å². The number of hydrogen-bond acceptors (Lipinski definition) is 4. The Balaban J connectivity index is 1.40. The molecule has 0 radical (unpaired) electrons. The van der Waals surface area contributed by atoms with Gasteiger partial charge in [-0.05, 0) is 50.4 Å². The molecule has 33 heavy (non-hydrogen) atoms. The fourth-order valence-corrected chi connectivity index (χ4v) is 6.55. The number of benzene rings is 1. The molecule has 2 fully saturated rings. The van der Waals surface area contributed by atoms with Crippen molar-refractivity contribution in [3.8, 4) is 0 Å². The van der Waals surface area contributed by atoms with Gasteiger partial charge in [0.1, 0.15) is 11.7 Å². The number of morpholine rings is 1. The van der Waals surface area contributed by atoms with Crippen molar-refractivity contribution in [1.82, 2.24) is 19.7 Å². The van der Waals surface area contributed by atoms with Crippen LogP contribution in [0.4, 0.5) is 0 Å². The maximum atomic E-state index is 13.7. The number of nitrogens with one attached hydrogen (secondary N) is 1. The number of hydrogen-bond donors (Lipinski definition) is 1. The number of para-hydroxylation sites is 1. The Morgan fingerprint density at radius 1 is 1.15 bits per heavy atom. The standard InChI is InChI=1S/C26H32N4O3/c1-17(25(32)29-12-14-33-15-13-29)27-24(31)21-16-26(2)9-5-10-28-11-8-19-18-6-3-4-7-20(18)30(21)22(19)23(26)28/h3-4,6-7,16-17,23H,5,8-15H2,1-2H3,(H,27,31)/t17?,23-,26+/m1/s1. The number of carbonyl (C=O) groups excluding carboxylic acids is 2. The molecular weight excluding hydrogens is 416 g/mol. The lowest BCUT2D eigenvalue weighted by molar-refractivity contribution is -0.138. The van der Waals surface area contributed by atoms with Gasteiger partial charge in [-0.15, -0.1) is 0 Å². The minimum atomic E-state index is -0.581. The van der Waals surface area contributed by atoms with Gasteiger partial charge in [0.25, 0.3) is 5.91 Å². The smallest absolute Gasteiger partial charge is 0.268 e. The second kappa shape index (κ2) is 7.71. The third-order valence-electron chi connectivity index (χ3n) is 8.06. The van der Waals surface area contributed by atoms with E-state index in [4.69, 9.17) is 4.74 Å². The number of piperidine rings is 1. The SMILES string of the molecule is CC(NC(=O)C1=C[C@]2(C)CCCN3CCc4c(n1c1ccccc41)[C@@H]32)C(=O)N1CCOCC1. The normalized spacial score (nSPS) is 27.6. The summed E-state index contributed by atoms with van der Waals surface area (Å²) in [7, 11) is 0. The Labute approximate surface area is 194 Å². The highest BCUT2D eigenvalue weighted by Crippen LogP contribution is 2.55. The first kappa shape index (κ1) is 20.9. The molecule has 4 aliphatic heterocycles. The summed E-state index contributed by atoms with van der Waals surface area (Å²) in [5.41, 5.74) is 4.32. The molecule has 0 saturated carbocycles. The molecule has 1 aromatic carbocycles. The molecule has 7 heteroatoms. The van der Waals surface area contributed by atoms with Crippen LogP contribution in [0.5, 0.6) is 0 Å². The van der Waals surface area contributed by atoms with E-state index in [0.717, 1.165) is 37.9 Å². The molecule has 5 heterocycles. The second-order valence-electron chi connectivity index (χ2n) is 10.2. The molecular formula is C26H32N4O3. The monoisotopic (exact) mass is 448 g/mol. The molecule has 2 saturated heterocycles. The van der Waals surface area contributed by atoms with E-state index in [1.807, 2.05) is 6.07 Å². The summed E-state index contributed by atoms with van der Waals surface area (Å²) in [4.78, 5) is 31.1. The highest BCUT2D eigenvalue weighted by Gasteiger charge is 2.49. The molecule has 2 amide bonds. The van der Waals surface area contributed by atoms with Crippen LogP contribution in [-0.4, -0.2) is 71.6 Å². The molecule has 1 unspecified atom stereocenters. The summed E-state index contributed by atoms with van der Waals surface area (Å²) in [5.74, 6) is -0.217. The predicted molar refractivity (Wildman–Crippen MR) is 127 cm³/mol. The van der Waals surface area contributed by atoms with Crippen LogP contribution in [0.25, 0.3) is 16.6 Å². The van der Waals surface area contributed by atoms with Crippen LogP contribution in [0, 0.1) is 5.41 Å². The Kier molecular flexibility index (Phi) is 4.89. The van der Waals surface area contributed by atoms with Crippen LogP contribution >= 0.6 is 0 Å². The maximum Gasteiger partial charge on any atom is 0.268 e. The molecule has 0 bridgehead atoms. The quantitative estimate of drug-likeness (QED) is 0.784. The van der Waals surface area contributed by atoms with E-state index in [2.05, 4.69) is 46.0 Å². The lowest BCUT2D eigenvalue weighted by Gasteiger charge is -2.52. The van der Waals surface area contributed by atoms with Gasteiger partial charge in [0.15, 0.2) is 0 Å². The van der Waals surface area contributed by atoms with Crippen molar-refractivity contribution in [1.29, 1.82) is 0 Å². The van der Waals surface area contributed by atoms with Crippen molar-refractivity contribution in [2.45, 2.75) is 45.2 Å². The highest BCUT2D eigenvalue weighted by molar-refractivity contribution is 6.17. The summed E-state index contributed by atoms with van der Waals surface area (Å²) >= 11 is 0. The number of rotatable bonds is 3. The van der Waals surface area contributed by atoms with Gasteiger partial charge in [-0.2, -0.15) is 0 Å². The fourth-order valence-electron chi connectivity index (χ4n) is 6.55. The lowest BCUT2D eigenvalue weighted by atomic mass is 9.69. The molecule has 2 aromatic rings. The van der Waals surface area contributed by atoms with E-state index in [0.29, 0.717) is 38.0 Å². The largest absolute Gasteiger partial charge is 0.378 e. The van der Waals surface area contributed by atoms with Gasteiger partial charge >= 0.3 is 0 Å². The van der Waals surface area contributed by atoms with Crippen LogP contribution in [0.15, 0.2) is 30.3 Å². The summed E-state index contributed by atoms with van der Waals surface area (Å²) in [6, 6.07) is 8.15. The summed E-state index contributed by atoms with van der Waals surface area (Å²) in [6.07, 6.45) is 5.41. The molecule has 3 atom stereocenters. The molecule has 7 nitrogen and oxygen atoms in total. The number of ether oxygens (including phenoxy) is 1. The van der Waals surface area contributed by atoms with Gasteiger partial charge in [-0.1, -0.05) is 25.1 Å². The average molecular weight is 449 g/mol. The minimum Gasteiger partial charge on any atom is -0.378 e. The molecule has 6 rings (SSSR count). The molecule has 0 aliphatic carbocycles. The van der Waals surface area contributed by atoms with Crippen molar-refractivity contribution in [3.05, 3.63) is 41.6 Å². The fraction of sp³-hybridized carbons (Fsp3) is 0.538. The summed E-state index contributed by atoms with van der Waals surface area (Å²) in [5, 5.41) is 4.28. The van der Waals surface area contributed by atoms with Gasteiger partial charge in [0.05, 0.1) is 24.8 Å². The van der Waals surface area contributed by atoms with Gasteiger partial charge in [0, 0.05) is 36.1 Å². The Bertz CT molecular complexity index is 1160. The maximum absolute atomic E-state index is 13.7. The lowest BCUT2D eigenvalue weighted by Crippen LogP contribution is -2.52. The zero-order valence-electron chi connectivity index (χ0n) is 19.5. The van der Waals surface area contributed by atoms with Gasteiger partial charge in [0.2, 0.25) is 5.91 Å². The number of fused-ring (bicyclic) bond motifs is 3. The third kappa shape index (κ3) is 3.16. The number of nitrogens with zero attached hydrogens (tertiary/aromatic N) is 3. The predicted octanol–water partition coefficient (Wildman–Crippen LogP) is 2.56. The first-order valence-corrected chi connectivity index (χ1v) is 12.2. The van der Waals surface area contributed by atoms with E-state index in [9.17, 15) is 9.59 Å². The van der Waals surface area contributed by atoms with E-state index < -0.39 is 6.04 Å². The molecule has 1 aromatic heterocycles. The van der Waals surface area contributed by atoms with Gasteiger partial charge < -0.3 is 19.5 Å². The number of aromatic nitrogens is 1. The topological polar surface area (TPSA) is 66.8 Å². The number of amides is 2. The second-order valence-corrected chi connectivity index (χ2v) is 10.2. The van der Waals surface area contributed by atoms with Gasteiger partial charge in [-0.25, -0.2) is 0 Å². The summed E-state index contributed by atoms with van der Waals surface area (Å²) in [6.45, 7) is 8.53. The Morgan fingerprint density at radius 3 is 2.76 bits per heavy atom. The van der Waals surface area contributed by atoms with Crippen molar-refractivity contribution < 1.29 is 14.3 Å². The zero-order chi connectivity index (χ0) is 22.7. The van der Waals surface area contributed by atoms with E-state index >= 15 is 0 Å². The number of carbonyl (C=O) groups is 2. The van der Waals surface area contributed by atoms with Crippen LogP contribution in [0.3, 0.4) is 0 Å². The van der Waals surface area contributed by atoms with Crippen molar-refractivity contribution in [2.24, 2.45) is 5.41 Å². The molecule has 0 spiro atoms. The Morgan fingerprint density at radius 2 is 1.94 bits per heavy atom. The minimum absolute atomic E-state index is 0.0459. The third-order valence-corrected chi connectivity index (χ3v) is 8.06. The van der Waals surface area contributed by atoms with Crippen LogP contribution < -0.4 is 5.32 Å². The molecule has 4 aliphatic rings. The highest BCUT2D eigenvalue weighted by atomic mass is 16.5. The molecule has 1 N–H and O–H groups in total. The van der Waals surface area contributed by atoms with Crippen LogP contribution in [-0.2, 0) is 20.7 Å². The zero-order valence-corrected chi connectivity index (χ0v) is 19.5. The first-order chi connectivity index (χ1) is 16.0. The van der Waals surface area contributed by atoms with E-state index in [-0.39, 0.29) is 17.2 Å². The van der Waals surface area contributed by atoms with Crippen molar-refractivity contribution >= 4 is 28.4 Å². The van der Waals surface area contributed by atoms with E-state index in [1.165, 1.54) is 16.6 Å². The van der Waals surface area contributed by atoms with Crippen molar-refractivity contribution in [2.75, 3.05) is 39.4 Å². The Hall–Kier alpha value is -2.64. The average Bonchev–Trinajstić information content (AvgIpc) is 3.17. The van der Waals surface area contributed by atoms with Crippen LogP contribution in [0.2, 0.25) is 0 Å². The van der Waals surface area contributed by atoms with E-state index in [1.54, 1.807) is 11.8 Å². The first-order valence-electron chi connectivity index (χ1n) is 12.2.